The van der Waals surface area contributed by atoms with Crippen LogP contribution in [0.5, 0.6) is 5.75 Å². The number of fused-ring (bicyclic) bond motifs is 6. The third-order valence-electron chi connectivity index (χ3n) is 4.88. The summed E-state index contributed by atoms with van der Waals surface area (Å²) in [7, 11) is 0. The maximum atomic E-state index is 12.9. The molecule has 1 amide bonds. The SMILES string of the molecule is O=C1c2cc([N+](=O)[O-])ccc2OC2c3[nH]c4ccccc4c3CCN12. The molecule has 1 atom stereocenters. The lowest BCUT2D eigenvalue weighted by molar-refractivity contribution is -0.384. The second-order valence-electron chi connectivity index (χ2n) is 6.22. The largest absolute Gasteiger partial charge is 0.464 e. The van der Waals surface area contributed by atoms with E-state index in [4.69, 9.17) is 4.74 Å². The van der Waals surface area contributed by atoms with Crippen LogP contribution < -0.4 is 4.74 Å². The number of benzene rings is 2. The number of hydrogen-bond donors (Lipinski definition) is 1. The van der Waals surface area contributed by atoms with Gasteiger partial charge in [-0.3, -0.25) is 19.8 Å². The average Bonchev–Trinajstić information content (AvgIpc) is 3.01. The van der Waals surface area contributed by atoms with Gasteiger partial charge in [0.15, 0.2) is 0 Å². The zero-order valence-electron chi connectivity index (χ0n) is 13.1. The van der Waals surface area contributed by atoms with Gasteiger partial charge in [-0.15, -0.1) is 0 Å². The van der Waals surface area contributed by atoms with E-state index in [1.165, 1.54) is 18.2 Å². The number of para-hydroxylation sites is 1. The number of nitro benzene ring substituents is 1. The number of nitrogens with zero attached hydrogens (tertiary/aromatic N) is 2. The first-order chi connectivity index (χ1) is 12.1. The van der Waals surface area contributed by atoms with Crippen molar-refractivity contribution in [2.24, 2.45) is 0 Å². The van der Waals surface area contributed by atoms with Crippen molar-refractivity contribution in [1.82, 2.24) is 9.88 Å². The first-order valence-corrected chi connectivity index (χ1v) is 7.99. The van der Waals surface area contributed by atoms with Crippen LogP contribution in [0, 0.1) is 10.1 Å². The average molecular weight is 335 g/mol. The number of hydrogen-bond acceptors (Lipinski definition) is 4. The van der Waals surface area contributed by atoms with Crippen LogP contribution in [0.2, 0.25) is 0 Å². The topological polar surface area (TPSA) is 88.5 Å². The van der Waals surface area contributed by atoms with Gasteiger partial charge in [-0.05, 0) is 24.1 Å². The highest BCUT2D eigenvalue weighted by atomic mass is 16.6. The standard InChI is InChI=1S/C18H13N3O4/c22-17-13-9-10(21(23)24)5-6-15(13)25-18-16-12(7-8-20(17)18)11-3-1-2-4-14(11)19-16/h1-6,9,18-19H,7-8H2. The minimum absolute atomic E-state index is 0.113. The summed E-state index contributed by atoms with van der Waals surface area (Å²) in [6.07, 6.45) is 0.187. The highest BCUT2D eigenvalue weighted by Gasteiger charge is 2.40. The highest BCUT2D eigenvalue weighted by molar-refractivity contribution is 5.99. The molecule has 0 fully saturated rings. The molecule has 1 unspecified atom stereocenters. The molecular weight excluding hydrogens is 322 g/mol. The second-order valence-corrected chi connectivity index (χ2v) is 6.22. The molecule has 1 aromatic heterocycles. The zero-order chi connectivity index (χ0) is 17.1. The summed E-state index contributed by atoms with van der Waals surface area (Å²) in [5, 5.41) is 12.1. The second kappa shape index (κ2) is 4.83. The number of nitro groups is 1. The van der Waals surface area contributed by atoms with E-state index in [9.17, 15) is 14.9 Å². The van der Waals surface area contributed by atoms with Gasteiger partial charge in [0.1, 0.15) is 5.75 Å². The summed E-state index contributed by atoms with van der Waals surface area (Å²) in [6.45, 7) is 0.514. The number of carbonyl (C=O) groups excluding carboxylic acids is 1. The van der Waals surface area contributed by atoms with E-state index in [0.29, 0.717) is 12.3 Å². The van der Waals surface area contributed by atoms with Crippen molar-refractivity contribution < 1.29 is 14.5 Å². The fourth-order valence-corrected chi connectivity index (χ4v) is 3.71. The van der Waals surface area contributed by atoms with Crippen molar-refractivity contribution in [3.63, 3.8) is 0 Å². The molecule has 2 aromatic carbocycles. The van der Waals surface area contributed by atoms with Gasteiger partial charge in [-0.2, -0.15) is 0 Å². The van der Waals surface area contributed by atoms with Gasteiger partial charge in [-0.1, -0.05) is 18.2 Å². The van der Waals surface area contributed by atoms with Crippen molar-refractivity contribution >= 4 is 22.5 Å². The predicted molar refractivity (Wildman–Crippen MR) is 89.5 cm³/mol. The summed E-state index contributed by atoms with van der Waals surface area (Å²) in [5.41, 5.74) is 3.18. The highest BCUT2D eigenvalue weighted by Crippen LogP contribution is 2.41. The molecule has 7 nitrogen and oxygen atoms in total. The molecule has 0 bridgehead atoms. The Morgan fingerprint density at radius 1 is 1.24 bits per heavy atom. The number of rotatable bonds is 1. The number of carbonyl (C=O) groups is 1. The van der Waals surface area contributed by atoms with Crippen LogP contribution in [0.4, 0.5) is 5.69 Å². The summed E-state index contributed by atoms with van der Waals surface area (Å²) >= 11 is 0. The Hall–Kier alpha value is -3.35. The van der Waals surface area contributed by atoms with Gasteiger partial charge in [-0.25, -0.2) is 0 Å². The summed E-state index contributed by atoms with van der Waals surface area (Å²) < 4.78 is 6.05. The third-order valence-corrected chi connectivity index (χ3v) is 4.88. The van der Waals surface area contributed by atoms with Gasteiger partial charge >= 0.3 is 0 Å². The van der Waals surface area contributed by atoms with Gasteiger partial charge in [0.25, 0.3) is 11.6 Å². The monoisotopic (exact) mass is 335 g/mol. The Morgan fingerprint density at radius 2 is 2.08 bits per heavy atom. The van der Waals surface area contributed by atoms with Crippen LogP contribution in [0.3, 0.4) is 0 Å². The molecule has 3 heterocycles. The predicted octanol–water partition coefficient (Wildman–Crippen LogP) is 3.17. The Labute approximate surface area is 142 Å². The first-order valence-electron chi connectivity index (χ1n) is 7.99. The molecule has 0 spiro atoms. The number of H-pyrrole nitrogens is 1. The first kappa shape index (κ1) is 14.0. The smallest absolute Gasteiger partial charge is 0.270 e. The maximum absolute atomic E-state index is 12.9. The molecule has 0 aliphatic carbocycles. The van der Waals surface area contributed by atoms with Gasteiger partial charge < -0.3 is 9.72 Å². The lowest BCUT2D eigenvalue weighted by atomic mass is 9.99. The molecular formula is C18H13N3O4. The van der Waals surface area contributed by atoms with E-state index in [1.807, 2.05) is 18.2 Å². The van der Waals surface area contributed by atoms with E-state index >= 15 is 0 Å². The number of aromatic nitrogens is 1. The number of non-ortho nitro benzene ring substituents is 1. The van der Waals surface area contributed by atoms with Crippen molar-refractivity contribution in [2.45, 2.75) is 12.6 Å². The lowest BCUT2D eigenvalue weighted by Crippen LogP contribution is -2.45. The van der Waals surface area contributed by atoms with Crippen molar-refractivity contribution in [1.29, 1.82) is 0 Å². The molecule has 0 radical (unpaired) electrons. The third kappa shape index (κ3) is 1.89. The fraction of sp³-hybridized carbons (Fsp3) is 0.167. The lowest BCUT2D eigenvalue weighted by Gasteiger charge is -2.39. The van der Waals surface area contributed by atoms with Crippen LogP contribution >= 0.6 is 0 Å². The van der Waals surface area contributed by atoms with Crippen LogP contribution in [0.15, 0.2) is 42.5 Å². The molecule has 2 aliphatic heterocycles. The van der Waals surface area contributed by atoms with Crippen molar-refractivity contribution in [3.8, 4) is 5.75 Å². The minimum Gasteiger partial charge on any atom is -0.464 e. The number of aromatic amines is 1. The van der Waals surface area contributed by atoms with Gasteiger partial charge in [0.2, 0.25) is 6.23 Å². The Bertz CT molecular complexity index is 1060. The Kier molecular flexibility index (Phi) is 2.71. The van der Waals surface area contributed by atoms with Crippen molar-refractivity contribution in [2.75, 3.05) is 6.54 Å². The van der Waals surface area contributed by atoms with E-state index in [1.54, 1.807) is 4.90 Å². The summed E-state index contributed by atoms with van der Waals surface area (Å²) in [5.74, 6) is 0.141. The molecule has 2 aliphatic rings. The molecule has 0 saturated heterocycles. The van der Waals surface area contributed by atoms with Gasteiger partial charge in [0.05, 0.1) is 16.2 Å². The van der Waals surface area contributed by atoms with Crippen LogP contribution in [0.1, 0.15) is 27.8 Å². The van der Waals surface area contributed by atoms with Crippen LogP contribution in [-0.4, -0.2) is 27.3 Å². The fourth-order valence-electron chi connectivity index (χ4n) is 3.71. The molecule has 3 aromatic rings. The quantitative estimate of drug-likeness (QED) is 0.546. The molecule has 25 heavy (non-hydrogen) atoms. The number of amides is 1. The van der Waals surface area contributed by atoms with E-state index < -0.39 is 11.2 Å². The molecule has 0 saturated carbocycles. The Morgan fingerprint density at radius 3 is 2.92 bits per heavy atom. The van der Waals surface area contributed by atoms with Gasteiger partial charge in [0, 0.05) is 29.6 Å². The maximum Gasteiger partial charge on any atom is 0.270 e. The minimum atomic E-state index is -0.530. The number of ether oxygens (including phenoxy) is 1. The van der Waals surface area contributed by atoms with E-state index in [0.717, 1.165) is 28.6 Å². The summed E-state index contributed by atoms with van der Waals surface area (Å²) in [4.78, 5) is 28.3. The molecule has 5 rings (SSSR count). The Balaban J connectivity index is 1.64. The van der Waals surface area contributed by atoms with Crippen molar-refractivity contribution in [3.05, 3.63) is 69.4 Å². The molecule has 124 valence electrons. The number of nitrogens with one attached hydrogen (secondary N) is 1. The normalized spacial score (nSPS) is 18.3. The van der Waals surface area contributed by atoms with E-state index in [-0.39, 0.29) is 17.2 Å². The molecule has 1 N–H and O–H groups in total. The summed E-state index contributed by atoms with van der Waals surface area (Å²) in [6, 6.07) is 12.2. The van der Waals surface area contributed by atoms with E-state index in [2.05, 4.69) is 11.1 Å². The molecule has 7 heteroatoms. The van der Waals surface area contributed by atoms with Crippen LogP contribution in [0.25, 0.3) is 10.9 Å². The van der Waals surface area contributed by atoms with Crippen LogP contribution in [-0.2, 0) is 6.42 Å². The zero-order valence-corrected chi connectivity index (χ0v) is 13.1.